The summed E-state index contributed by atoms with van der Waals surface area (Å²) in [5.41, 5.74) is 0. The highest BCUT2D eigenvalue weighted by Gasteiger charge is 2.23. The van der Waals surface area contributed by atoms with Gasteiger partial charge >= 0.3 is 18.2 Å². The molecule has 29 heavy (non-hydrogen) atoms. The van der Waals surface area contributed by atoms with Gasteiger partial charge in [0.15, 0.2) is 6.23 Å². The number of unbranched alkanes of at least 4 members (excludes halogenated alkanes) is 1. The maximum absolute atomic E-state index is 12.0. The molecule has 1 N–H and O–H groups in total. The molecule has 0 aliphatic carbocycles. The number of methoxy groups -OCH3 is 1. The van der Waals surface area contributed by atoms with E-state index in [0.717, 1.165) is 19.3 Å². The Morgan fingerprint density at radius 3 is 2.24 bits per heavy atom. The fourth-order valence-corrected chi connectivity index (χ4v) is 2.88. The van der Waals surface area contributed by atoms with Gasteiger partial charge in [0.1, 0.15) is 12.5 Å². The molecule has 0 aliphatic heterocycles. The molecule has 0 saturated heterocycles. The molecule has 0 rings (SSSR count). The first kappa shape index (κ1) is 27.0. The molecule has 0 aromatic carbocycles. The Labute approximate surface area is 175 Å². The molecule has 1 amide bonds. The summed E-state index contributed by atoms with van der Waals surface area (Å²) in [5, 5.41) is 2.34. The molecule has 8 heteroatoms. The van der Waals surface area contributed by atoms with Crippen LogP contribution in [0.5, 0.6) is 0 Å². The smallest absolute Gasteiger partial charge is 0.469 e. The summed E-state index contributed by atoms with van der Waals surface area (Å²) in [6.45, 7) is 10.6. The van der Waals surface area contributed by atoms with Gasteiger partial charge in [0.2, 0.25) is 0 Å². The zero-order valence-electron chi connectivity index (χ0n) is 18.8. The Bertz CT molecular complexity index is 482. The topological polar surface area (TPSA) is 100 Å². The first-order chi connectivity index (χ1) is 13.7. The highest BCUT2D eigenvalue weighted by molar-refractivity contribution is 5.73. The van der Waals surface area contributed by atoms with E-state index in [2.05, 4.69) is 30.8 Å². The van der Waals surface area contributed by atoms with Crippen molar-refractivity contribution in [2.75, 3.05) is 13.7 Å². The van der Waals surface area contributed by atoms with Crippen molar-refractivity contribution < 1.29 is 33.3 Å². The molecule has 0 spiro atoms. The zero-order valence-corrected chi connectivity index (χ0v) is 18.8. The van der Waals surface area contributed by atoms with E-state index in [1.54, 1.807) is 6.92 Å². The second-order valence-corrected chi connectivity index (χ2v) is 7.86. The van der Waals surface area contributed by atoms with Gasteiger partial charge in [-0.3, -0.25) is 10.1 Å². The van der Waals surface area contributed by atoms with Crippen LogP contribution in [0.15, 0.2) is 0 Å². The van der Waals surface area contributed by atoms with Gasteiger partial charge in [-0.1, -0.05) is 40.5 Å². The number of amides is 1. The number of carbonyl (C=O) groups excluding carboxylic acids is 3. The van der Waals surface area contributed by atoms with Crippen LogP contribution in [0.3, 0.4) is 0 Å². The van der Waals surface area contributed by atoms with Gasteiger partial charge in [0, 0.05) is 0 Å². The zero-order chi connectivity index (χ0) is 22.2. The number of ether oxygens (including phenoxy) is 4. The van der Waals surface area contributed by atoms with Crippen molar-refractivity contribution in [2.45, 2.75) is 91.9 Å². The second kappa shape index (κ2) is 15.9. The van der Waals surface area contributed by atoms with Crippen LogP contribution in [0, 0.1) is 11.8 Å². The van der Waals surface area contributed by atoms with E-state index in [-0.39, 0.29) is 19.1 Å². The van der Waals surface area contributed by atoms with E-state index in [1.807, 2.05) is 6.92 Å². The van der Waals surface area contributed by atoms with Crippen molar-refractivity contribution in [3.8, 4) is 0 Å². The molecule has 3 unspecified atom stereocenters. The first-order valence-corrected chi connectivity index (χ1v) is 10.5. The molecule has 170 valence electrons. The van der Waals surface area contributed by atoms with Crippen molar-refractivity contribution in [3.63, 3.8) is 0 Å². The van der Waals surface area contributed by atoms with Crippen LogP contribution in [-0.4, -0.2) is 44.3 Å². The van der Waals surface area contributed by atoms with Crippen molar-refractivity contribution >= 4 is 18.2 Å². The van der Waals surface area contributed by atoms with Crippen molar-refractivity contribution in [1.29, 1.82) is 0 Å². The molecule has 0 fully saturated rings. The standard InChI is InChI=1S/C21H39NO7/c1-7-8-12-27-20(24)22-18(14-19(23)26-6)29-21(25)28-17(5)11-9-10-16(4)13-15(2)3/h15-18H,7-14H2,1-6H3,(H,22,24). The summed E-state index contributed by atoms with van der Waals surface area (Å²) in [6, 6.07) is 0. The predicted molar refractivity (Wildman–Crippen MR) is 109 cm³/mol. The lowest BCUT2D eigenvalue weighted by Gasteiger charge is -2.20. The van der Waals surface area contributed by atoms with Crippen LogP contribution >= 0.6 is 0 Å². The van der Waals surface area contributed by atoms with E-state index in [0.29, 0.717) is 24.7 Å². The van der Waals surface area contributed by atoms with E-state index >= 15 is 0 Å². The summed E-state index contributed by atoms with van der Waals surface area (Å²) in [5.74, 6) is 0.659. The molecule has 0 aliphatic rings. The largest absolute Gasteiger partial charge is 0.510 e. The number of carbonyl (C=O) groups is 3. The molecule has 0 aromatic heterocycles. The Balaban J connectivity index is 4.41. The third-order valence-corrected chi connectivity index (χ3v) is 4.31. The van der Waals surface area contributed by atoms with Gasteiger partial charge in [-0.05, 0) is 44.4 Å². The van der Waals surface area contributed by atoms with Crippen LogP contribution in [0.4, 0.5) is 9.59 Å². The average molecular weight is 418 g/mol. The summed E-state index contributed by atoms with van der Waals surface area (Å²) >= 11 is 0. The minimum absolute atomic E-state index is 0.240. The highest BCUT2D eigenvalue weighted by Crippen LogP contribution is 2.18. The number of rotatable bonds is 14. The Morgan fingerprint density at radius 1 is 0.966 bits per heavy atom. The van der Waals surface area contributed by atoms with Crippen LogP contribution in [0.1, 0.15) is 79.6 Å². The van der Waals surface area contributed by atoms with Crippen molar-refractivity contribution in [2.24, 2.45) is 11.8 Å². The van der Waals surface area contributed by atoms with E-state index < -0.39 is 24.4 Å². The number of esters is 1. The molecule has 8 nitrogen and oxygen atoms in total. The van der Waals surface area contributed by atoms with Gasteiger partial charge < -0.3 is 18.9 Å². The van der Waals surface area contributed by atoms with Gasteiger partial charge in [-0.2, -0.15) is 0 Å². The van der Waals surface area contributed by atoms with Crippen LogP contribution < -0.4 is 5.32 Å². The lowest BCUT2D eigenvalue weighted by atomic mass is 9.93. The molecule has 3 atom stereocenters. The number of nitrogens with one attached hydrogen (secondary N) is 1. The normalized spacial score (nSPS) is 13.9. The van der Waals surface area contributed by atoms with E-state index in [4.69, 9.17) is 14.2 Å². The molecule has 0 aromatic rings. The average Bonchev–Trinajstić information content (AvgIpc) is 2.60. The summed E-state index contributed by atoms with van der Waals surface area (Å²) in [4.78, 5) is 35.3. The molecular weight excluding hydrogens is 378 g/mol. The number of hydrogen-bond acceptors (Lipinski definition) is 7. The minimum atomic E-state index is -1.22. The Hall–Kier alpha value is -1.99. The quantitative estimate of drug-likeness (QED) is 0.188. The SMILES string of the molecule is CCCCOC(=O)NC(CC(=O)OC)OC(=O)OC(C)CCCC(C)CC(C)C. The van der Waals surface area contributed by atoms with E-state index in [1.165, 1.54) is 13.5 Å². The molecule has 0 radical (unpaired) electrons. The molecule has 0 bridgehead atoms. The van der Waals surface area contributed by atoms with Crippen LogP contribution in [-0.2, 0) is 23.7 Å². The summed E-state index contributed by atoms with van der Waals surface area (Å²) < 4.78 is 19.8. The third-order valence-electron chi connectivity index (χ3n) is 4.31. The maximum atomic E-state index is 12.0. The summed E-state index contributed by atoms with van der Waals surface area (Å²) in [7, 11) is 1.21. The Kier molecular flexibility index (Phi) is 14.8. The van der Waals surface area contributed by atoms with Crippen molar-refractivity contribution in [1.82, 2.24) is 5.32 Å². The first-order valence-electron chi connectivity index (χ1n) is 10.5. The van der Waals surface area contributed by atoms with Gasteiger partial charge in [-0.25, -0.2) is 9.59 Å². The number of alkyl carbamates (subject to hydrolysis) is 1. The fourth-order valence-electron chi connectivity index (χ4n) is 2.88. The highest BCUT2D eigenvalue weighted by atomic mass is 16.7. The predicted octanol–water partition coefficient (Wildman–Crippen LogP) is 4.80. The second-order valence-electron chi connectivity index (χ2n) is 7.86. The third kappa shape index (κ3) is 15.6. The monoisotopic (exact) mass is 417 g/mol. The van der Waals surface area contributed by atoms with Gasteiger partial charge in [0.25, 0.3) is 0 Å². The number of hydrogen-bond donors (Lipinski definition) is 1. The van der Waals surface area contributed by atoms with E-state index in [9.17, 15) is 14.4 Å². The lowest BCUT2D eigenvalue weighted by Crippen LogP contribution is -2.41. The Morgan fingerprint density at radius 2 is 1.66 bits per heavy atom. The maximum Gasteiger partial charge on any atom is 0.510 e. The van der Waals surface area contributed by atoms with Crippen LogP contribution in [0.2, 0.25) is 0 Å². The lowest BCUT2D eigenvalue weighted by molar-refractivity contribution is -0.143. The minimum Gasteiger partial charge on any atom is -0.469 e. The molecular formula is C21H39NO7. The van der Waals surface area contributed by atoms with Gasteiger partial charge in [0.05, 0.1) is 13.7 Å². The summed E-state index contributed by atoms with van der Waals surface area (Å²) in [6.07, 6.45) is 1.87. The van der Waals surface area contributed by atoms with Crippen LogP contribution in [0.25, 0.3) is 0 Å². The fraction of sp³-hybridized carbons (Fsp3) is 0.857. The van der Waals surface area contributed by atoms with Crippen molar-refractivity contribution in [3.05, 3.63) is 0 Å². The molecule has 0 saturated carbocycles. The van der Waals surface area contributed by atoms with Gasteiger partial charge in [-0.15, -0.1) is 0 Å². The molecule has 0 heterocycles.